The third-order valence-corrected chi connectivity index (χ3v) is 4.58. The number of rotatable bonds is 7. The van der Waals surface area contributed by atoms with E-state index in [1.807, 2.05) is 19.0 Å². The molecule has 0 atom stereocenters. The molecule has 0 spiro atoms. The summed E-state index contributed by atoms with van der Waals surface area (Å²) in [4.78, 5) is 14.1. The van der Waals surface area contributed by atoms with Crippen LogP contribution in [0, 0.1) is 5.82 Å². The molecule has 0 saturated carbocycles. The second-order valence-electron chi connectivity index (χ2n) is 7.16. The molecule has 1 aliphatic heterocycles. The SMILES string of the molecule is CN(C)CCCNc1ccc(N/C=C2\C(=O)Nc3cccc(F)c32)cc1C(F)(F)F. The average molecular weight is 422 g/mol. The minimum atomic E-state index is -4.56. The Morgan fingerprint density at radius 1 is 1.17 bits per heavy atom. The van der Waals surface area contributed by atoms with Crippen molar-refractivity contribution in [3.05, 3.63) is 59.5 Å². The molecular formula is C21H22F4N4O. The summed E-state index contributed by atoms with van der Waals surface area (Å²) in [5.41, 5.74) is -0.284. The van der Waals surface area contributed by atoms with Crippen molar-refractivity contribution in [3.63, 3.8) is 0 Å². The highest BCUT2D eigenvalue weighted by molar-refractivity contribution is 6.31. The maximum Gasteiger partial charge on any atom is 0.418 e. The zero-order chi connectivity index (χ0) is 21.9. The van der Waals surface area contributed by atoms with Gasteiger partial charge in [-0.25, -0.2) is 4.39 Å². The first kappa shape index (κ1) is 21.6. The van der Waals surface area contributed by atoms with Crippen LogP contribution in [-0.2, 0) is 11.0 Å². The quantitative estimate of drug-likeness (QED) is 0.347. The number of amides is 1. The van der Waals surface area contributed by atoms with Gasteiger partial charge in [0.1, 0.15) is 5.82 Å². The van der Waals surface area contributed by atoms with Crippen molar-refractivity contribution in [2.45, 2.75) is 12.6 Å². The number of alkyl halides is 3. The van der Waals surface area contributed by atoms with Gasteiger partial charge in [-0.15, -0.1) is 0 Å². The molecule has 0 saturated heterocycles. The lowest BCUT2D eigenvalue weighted by Gasteiger charge is -2.17. The smallest absolute Gasteiger partial charge is 0.385 e. The molecule has 0 radical (unpaired) electrons. The van der Waals surface area contributed by atoms with Gasteiger partial charge in [-0.2, -0.15) is 13.2 Å². The third kappa shape index (κ3) is 4.91. The first-order chi connectivity index (χ1) is 14.2. The van der Waals surface area contributed by atoms with E-state index in [0.29, 0.717) is 18.7 Å². The van der Waals surface area contributed by atoms with Gasteiger partial charge in [0.25, 0.3) is 5.91 Å². The molecule has 30 heavy (non-hydrogen) atoms. The van der Waals surface area contributed by atoms with Gasteiger partial charge in [0, 0.05) is 29.7 Å². The molecule has 1 heterocycles. The van der Waals surface area contributed by atoms with Crippen LogP contribution in [-0.4, -0.2) is 38.0 Å². The van der Waals surface area contributed by atoms with E-state index in [1.54, 1.807) is 6.07 Å². The molecule has 3 N–H and O–H groups in total. The zero-order valence-corrected chi connectivity index (χ0v) is 16.5. The minimum absolute atomic E-state index is 0.0162. The van der Waals surface area contributed by atoms with Crippen LogP contribution in [0.3, 0.4) is 0 Å². The van der Waals surface area contributed by atoms with E-state index >= 15 is 0 Å². The van der Waals surface area contributed by atoms with Gasteiger partial charge in [-0.1, -0.05) is 6.07 Å². The summed E-state index contributed by atoms with van der Waals surface area (Å²) in [6, 6.07) is 7.99. The zero-order valence-electron chi connectivity index (χ0n) is 16.5. The third-order valence-electron chi connectivity index (χ3n) is 4.58. The van der Waals surface area contributed by atoms with Crippen molar-refractivity contribution in [1.82, 2.24) is 4.90 Å². The fourth-order valence-electron chi connectivity index (χ4n) is 3.14. The predicted octanol–water partition coefficient (Wildman–Crippen LogP) is 4.61. The molecule has 9 heteroatoms. The van der Waals surface area contributed by atoms with Crippen molar-refractivity contribution < 1.29 is 22.4 Å². The van der Waals surface area contributed by atoms with Crippen LogP contribution in [0.2, 0.25) is 0 Å². The summed E-state index contributed by atoms with van der Waals surface area (Å²) in [5.74, 6) is -1.12. The number of nitrogens with zero attached hydrogens (tertiary/aromatic N) is 1. The number of hydrogen-bond acceptors (Lipinski definition) is 4. The summed E-state index contributed by atoms with van der Waals surface area (Å²) >= 11 is 0. The number of anilines is 3. The first-order valence-electron chi connectivity index (χ1n) is 9.33. The highest BCUT2D eigenvalue weighted by atomic mass is 19.4. The highest BCUT2D eigenvalue weighted by Gasteiger charge is 2.34. The Morgan fingerprint density at radius 2 is 1.93 bits per heavy atom. The minimum Gasteiger partial charge on any atom is -0.385 e. The Kier molecular flexibility index (Phi) is 6.31. The van der Waals surface area contributed by atoms with Gasteiger partial charge in [0.05, 0.1) is 16.8 Å². The van der Waals surface area contributed by atoms with E-state index in [4.69, 9.17) is 0 Å². The average Bonchev–Trinajstić information content (AvgIpc) is 2.99. The van der Waals surface area contributed by atoms with Gasteiger partial charge in [0.15, 0.2) is 0 Å². The van der Waals surface area contributed by atoms with E-state index in [0.717, 1.165) is 12.6 Å². The molecule has 0 fully saturated rings. The molecule has 0 aliphatic carbocycles. The van der Waals surface area contributed by atoms with Gasteiger partial charge in [-0.05, 0) is 57.4 Å². The normalized spacial score (nSPS) is 14.8. The molecule has 0 bridgehead atoms. The topological polar surface area (TPSA) is 56.4 Å². The van der Waals surface area contributed by atoms with Crippen molar-refractivity contribution >= 4 is 28.5 Å². The van der Waals surface area contributed by atoms with Gasteiger partial charge < -0.3 is 20.9 Å². The van der Waals surface area contributed by atoms with Gasteiger partial charge >= 0.3 is 6.18 Å². The number of nitrogens with one attached hydrogen (secondary N) is 3. The predicted molar refractivity (Wildman–Crippen MR) is 110 cm³/mol. The van der Waals surface area contributed by atoms with E-state index in [-0.39, 0.29) is 22.5 Å². The Hall–Kier alpha value is -3.07. The second kappa shape index (κ2) is 8.74. The molecule has 0 unspecified atom stereocenters. The van der Waals surface area contributed by atoms with Crippen LogP contribution in [0.25, 0.3) is 5.57 Å². The second-order valence-corrected chi connectivity index (χ2v) is 7.16. The number of fused-ring (bicyclic) bond motifs is 1. The lowest BCUT2D eigenvalue weighted by molar-refractivity contribution is -0.136. The standard InChI is InChI=1S/C21H22F4N4O/c1-29(2)10-4-9-26-17-8-7-13(11-15(17)21(23,24)25)27-12-14-19-16(22)5-3-6-18(19)28-20(14)30/h3,5-8,11-12,26-27H,4,9-10H2,1-2H3,(H,28,30)/b14-12-. The molecule has 160 valence electrons. The molecule has 0 aromatic heterocycles. The maximum atomic E-state index is 14.1. The van der Waals surface area contributed by atoms with Crippen molar-refractivity contribution in [3.8, 4) is 0 Å². The Morgan fingerprint density at radius 3 is 2.63 bits per heavy atom. The largest absolute Gasteiger partial charge is 0.418 e. The number of benzene rings is 2. The lowest BCUT2D eigenvalue weighted by atomic mass is 10.1. The van der Waals surface area contributed by atoms with Crippen molar-refractivity contribution in [2.75, 3.05) is 43.1 Å². The number of hydrogen-bond donors (Lipinski definition) is 3. The fourth-order valence-corrected chi connectivity index (χ4v) is 3.14. The molecular weight excluding hydrogens is 400 g/mol. The van der Waals surface area contributed by atoms with E-state index < -0.39 is 23.5 Å². The molecule has 3 rings (SSSR count). The van der Waals surface area contributed by atoms with Crippen molar-refractivity contribution in [1.29, 1.82) is 0 Å². The van der Waals surface area contributed by atoms with Crippen LogP contribution in [0.15, 0.2) is 42.6 Å². The monoisotopic (exact) mass is 422 g/mol. The summed E-state index contributed by atoms with van der Waals surface area (Å²) < 4.78 is 54.6. The highest BCUT2D eigenvalue weighted by Crippen LogP contribution is 2.37. The maximum absolute atomic E-state index is 14.1. The lowest BCUT2D eigenvalue weighted by Crippen LogP contribution is -2.17. The van der Waals surface area contributed by atoms with Crippen LogP contribution in [0.4, 0.5) is 34.6 Å². The van der Waals surface area contributed by atoms with Gasteiger partial charge in [0.2, 0.25) is 0 Å². The molecule has 2 aromatic rings. The van der Waals surface area contributed by atoms with Gasteiger partial charge in [-0.3, -0.25) is 4.79 Å². The Bertz CT molecular complexity index is 970. The van der Waals surface area contributed by atoms with Crippen molar-refractivity contribution in [2.24, 2.45) is 0 Å². The van der Waals surface area contributed by atoms with Crippen LogP contribution in [0.1, 0.15) is 17.5 Å². The Labute approximate surface area is 171 Å². The molecule has 5 nitrogen and oxygen atoms in total. The fraction of sp³-hybridized carbons (Fsp3) is 0.286. The number of carbonyl (C=O) groups is 1. The summed E-state index contributed by atoms with van der Waals surface area (Å²) in [6.45, 7) is 1.15. The van der Waals surface area contributed by atoms with E-state index in [2.05, 4.69) is 16.0 Å². The molecule has 2 aromatic carbocycles. The first-order valence-corrected chi connectivity index (χ1v) is 9.33. The molecule has 1 aliphatic rings. The molecule has 1 amide bonds. The van der Waals surface area contributed by atoms with Crippen LogP contribution >= 0.6 is 0 Å². The van der Waals surface area contributed by atoms with E-state index in [1.165, 1.54) is 30.5 Å². The van der Waals surface area contributed by atoms with E-state index in [9.17, 15) is 22.4 Å². The van der Waals surface area contributed by atoms with Crippen LogP contribution < -0.4 is 16.0 Å². The van der Waals surface area contributed by atoms with Crippen LogP contribution in [0.5, 0.6) is 0 Å². The number of halogens is 4. The summed E-state index contributed by atoms with van der Waals surface area (Å²) in [5, 5.41) is 8.03. The Balaban J connectivity index is 1.81. The summed E-state index contributed by atoms with van der Waals surface area (Å²) in [6.07, 6.45) is -2.65. The summed E-state index contributed by atoms with van der Waals surface area (Å²) in [7, 11) is 3.79. The number of carbonyl (C=O) groups excluding carboxylic acids is 1.